The highest BCUT2D eigenvalue weighted by Gasteiger charge is 2.39. The van der Waals surface area contributed by atoms with E-state index >= 15 is 0 Å². The van der Waals surface area contributed by atoms with Gasteiger partial charge in [0.2, 0.25) is 0 Å². The van der Waals surface area contributed by atoms with E-state index in [1.807, 2.05) is 0 Å². The van der Waals surface area contributed by atoms with Gasteiger partial charge in [-0.2, -0.15) is 4.90 Å². The summed E-state index contributed by atoms with van der Waals surface area (Å²) in [6, 6.07) is -1.55. The van der Waals surface area contributed by atoms with Crippen LogP contribution >= 0.6 is 0 Å². The Hall–Kier alpha value is -2.12. The number of aldehydes is 1. The molecule has 0 saturated carbocycles. The lowest BCUT2D eigenvalue weighted by Gasteiger charge is -2.31. The Balaban J connectivity index is 5.57. The van der Waals surface area contributed by atoms with Crippen molar-refractivity contribution in [1.29, 1.82) is 0 Å². The normalized spacial score (nSPS) is 13.0. The summed E-state index contributed by atoms with van der Waals surface area (Å²) in [6.45, 7) is 9.50. The van der Waals surface area contributed by atoms with Gasteiger partial charge in [0.25, 0.3) is 0 Å². The summed E-state index contributed by atoms with van der Waals surface area (Å²) in [7, 11) is 0. The SMILES string of the molecule is CC(C)(C)OC(=O)N(C(=O)OC(C)(C)C)[C@@H](CCC=O)C(=O)O. The van der Waals surface area contributed by atoms with Gasteiger partial charge < -0.3 is 19.4 Å². The van der Waals surface area contributed by atoms with Crippen molar-refractivity contribution >= 4 is 24.4 Å². The van der Waals surface area contributed by atoms with E-state index in [2.05, 4.69) is 0 Å². The highest BCUT2D eigenvalue weighted by atomic mass is 16.6. The summed E-state index contributed by atoms with van der Waals surface area (Å²) in [5.74, 6) is -1.43. The van der Waals surface area contributed by atoms with Crippen molar-refractivity contribution in [3.8, 4) is 0 Å². The standard InChI is InChI=1S/C15H25NO7/c1-14(2,3)22-12(20)16(13(21)23-15(4,5)6)10(11(18)19)8-7-9-17/h9-10H,7-8H2,1-6H3,(H,18,19)/t10-/m0/s1. The van der Waals surface area contributed by atoms with Gasteiger partial charge in [0.1, 0.15) is 23.5 Å². The average molecular weight is 331 g/mol. The highest BCUT2D eigenvalue weighted by Crippen LogP contribution is 2.19. The fourth-order valence-corrected chi connectivity index (χ4v) is 1.54. The van der Waals surface area contributed by atoms with E-state index in [1.165, 1.54) is 0 Å². The molecule has 2 amide bonds. The fraction of sp³-hybridized carbons (Fsp3) is 0.733. The summed E-state index contributed by atoms with van der Waals surface area (Å²) in [5, 5.41) is 9.29. The summed E-state index contributed by atoms with van der Waals surface area (Å²) in [5.41, 5.74) is -1.85. The van der Waals surface area contributed by atoms with Crippen LogP contribution in [-0.4, -0.2) is 51.7 Å². The first-order valence-electron chi connectivity index (χ1n) is 7.20. The lowest BCUT2D eigenvalue weighted by molar-refractivity contribution is -0.143. The second-order valence-corrected chi connectivity index (χ2v) is 6.93. The Kier molecular flexibility index (Phi) is 7.21. The summed E-state index contributed by atoms with van der Waals surface area (Å²) in [6.07, 6.45) is -2.11. The molecule has 1 N–H and O–H groups in total. The van der Waals surface area contributed by atoms with E-state index < -0.39 is 35.4 Å². The molecule has 0 saturated heterocycles. The van der Waals surface area contributed by atoms with E-state index in [9.17, 15) is 24.3 Å². The van der Waals surface area contributed by atoms with Crippen LogP contribution in [0.25, 0.3) is 0 Å². The van der Waals surface area contributed by atoms with Gasteiger partial charge in [-0.25, -0.2) is 14.4 Å². The molecule has 23 heavy (non-hydrogen) atoms. The molecule has 0 aromatic carbocycles. The largest absolute Gasteiger partial charge is 0.480 e. The Bertz CT molecular complexity index is 431. The number of nitrogens with zero attached hydrogens (tertiary/aromatic N) is 1. The van der Waals surface area contributed by atoms with Crippen LogP contribution in [0.15, 0.2) is 0 Å². The molecule has 0 aromatic heterocycles. The van der Waals surface area contributed by atoms with Gasteiger partial charge in [-0.3, -0.25) is 0 Å². The molecule has 8 nitrogen and oxygen atoms in total. The molecule has 0 bridgehead atoms. The molecule has 0 rings (SSSR count). The van der Waals surface area contributed by atoms with E-state index in [4.69, 9.17) is 9.47 Å². The maximum absolute atomic E-state index is 12.2. The number of carboxylic acids is 1. The molecule has 1 atom stereocenters. The molecule has 0 aromatic rings. The molecule has 0 spiro atoms. The second-order valence-electron chi connectivity index (χ2n) is 6.93. The first-order valence-corrected chi connectivity index (χ1v) is 7.20. The van der Waals surface area contributed by atoms with Crippen LogP contribution in [0.1, 0.15) is 54.4 Å². The molecule has 8 heteroatoms. The molecule has 0 aliphatic rings. The van der Waals surface area contributed by atoms with Gasteiger partial charge in [-0.15, -0.1) is 0 Å². The maximum atomic E-state index is 12.2. The van der Waals surface area contributed by atoms with Crippen molar-refractivity contribution in [2.75, 3.05) is 0 Å². The van der Waals surface area contributed by atoms with E-state index in [0.29, 0.717) is 11.2 Å². The first kappa shape index (κ1) is 20.9. The monoisotopic (exact) mass is 331 g/mol. The fourth-order valence-electron chi connectivity index (χ4n) is 1.54. The zero-order valence-electron chi connectivity index (χ0n) is 14.4. The van der Waals surface area contributed by atoms with Crippen molar-refractivity contribution in [2.45, 2.75) is 71.6 Å². The van der Waals surface area contributed by atoms with Crippen LogP contribution in [0, 0.1) is 0 Å². The van der Waals surface area contributed by atoms with E-state index in [-0.39, 0.29) is 12.8 Å². The van der Waals surface area contributed by atoms with Gasteiger partial charge in [0.15, 0.2) is 0 Å². The highest BCUT2D eigenvalue weighted by molar-refractivity contribution is 5.93. The van der Waals surface area contributed by atoms with Crippen LogP contribution in [0.2, 0.25) is 0 Å². The molecule has 0 unspecified atom stereocenters. The summed E-state index contributed by atoms with van der Waals surface area (Å²) in [4.78, 5) is 46.8. The Morgan fingerprint density at radius 2 is 1.39 bits per heavy atom. The Morgan fingerprint density at radius 3 is 1.65 bits per heavy atom. The minimum absolute atomic E-state index is 0.126. The van der Waals surface area contributed by atoms with Crippen molar-refractivity contribution < 1.29 is 33.8 Å². The van der Waals surface area contributed by atoms with Gasteiger partial charge in [0.05, 0.1) is 0 Å². The van der Waals surface area contributed by atoms with E-state index in [0.717, 1.165) is 0 Å². The maximum Gasteiger partial charge on any atom is 0.420 e. The number of carbonyl (C=O) groups is 4. The number of carboxylic acid groups (broad SMARTS) is 1. The minimum Gasteiger partial charge on any atom is -0.480 e. The van der Waals surface area contributed by atoms with Gasteiger partial charge in [-0.1, -0.05) is 0 Å². The van der Waals surface area contributed by atoms with Crippen molar-refractivity contribution in [3.05, 3.63) is 0 Å². The number of hydrogen-bond acceptors (Lipinski definition) is 6. The molecule has 0 radical (unpaired) electrons. The third-order valence-corrected chi connectivity index (χ3v) is 2.34. The lowest BCUT2D eigenvalue weighted by atomic mass is 10.1. The molecule has 0 fully saturated rings. The van der Waals surface area contributed by atoms with Crippen LogP contribution in [-0.2, 0) is 19.1 Å². The number of rotatable bonds is 5. The molecule has 132 valence electrons. The van der Waals surface area contributed by atoms with Crippen molar-refractivity contribution in [1.82, 2.24) is 4.90 Å². The smallest absolute Gasteiger partial charge is 0.420 e. The average Bonchev–Trinajstić information content (AvgIpc) is 2.28. The summed E-state index contributed by atoms with van der Waals surface area (Å²) < 4.78 is 10.2. The zero-order chi connectivity index (χ0) is 18.4. The molecule has 0 aliphatic carbocycles. The lowest BCUT2D eigenvalue weighted by Crippen LogP contribution is -2.52. The molecular formula is C15H25NO7. The Labute approximate surface area is 135 Å². The predicted octanol–water partition coefficient (Wildman–Crippen LogP) is 2.59. The number of hydrogen-bond donors (Lipinski definition) is 1. The van der Waals surface area contributed by atoms with Crippen LogP contribution in [0.3, 0.4) is 0 Å². The predicted molar refractivity (Wildman–Crippen MR) is 81.0 cm³/mol. The van der Waals surface area contributed by atoms with Crippen molar-refractivity contribution in [2.24, 2.45) is 0 Å². The van der Waals surface area contributed by atoms with E-state index in [1.54, 1.807) is 41.5 Å². The topological polar surface area (TPSA) is 110 Å². The third-order valence-electron chi connectivity index (χ3n) is 2.34. The Morgan fingerprint density at radius 1 is 1.00 bits per heavy atom. The van der Waals surface area contributed by atoms with Crippen LogP contribution < -0.4 is 0 Å². The number of imide groups is 1. The van der Waals surface area contributed by atoms with Crippen molar-refractivity contribution in [3.63, 3.8) is 0 Å². The number of amides is 2. The molecular weight excluding hydrogens is 306 g/mol. The number of ether oxygens (including phenoxy) is 2. The molecule has 0 aliphatic heterocycles. The minimum atomic E-state index is -1.55. The summed E-state index contributed by atoms with van der Waals surface area (Å²) >= 11 is 0. The van der Waals surface area contributed by atoms with Gasteiger partial charge in [-0.05, 0) is 48.0 Å². The van der Waals surface area contributed by atoms with Gasteiger partial charge in [0, 0.05) is 6.42 Å². The third kappa shape index (κ3) is 8.18. The second kappa shape index (κ2) is 7.94. The first-order chi connectivity index (χ1) is 10.3. The zero-order valence-corrected chi connectivity index (χ0v) is 14.4. The molecule has 0 heterocycles. The van der Waals surface area contributed by atoms with Crippen LogP contribution in [0.4, 0.5) is 9.59 Å². The number of carbonyl (C=O) groups excluding carboxylic acids is 3. The van der Waals surface area contributed by atoms with Gasteiger partial charge >= 0.3 is 18.2 Å². The number of aliphatic carboxylic acids is 1. The van der Waals surface area contributed by atoms with Crippen LogP contribution in [0.5, 0.6) is 0 Å². The quantitative estimate of drug-likeness (QED) is 0.771.